The largest absolute Gasteiger partial charge is 0.387 e. The van der Waals surface area contributed by atoms with Gasteiger partial charge in [-0.25, -0.2) is 0 Å². The maximum atomic E-state index is 10.2. The second-order valence-corrected chi connectivity index (χ2v) is 8.92. The van der Waals surface area contributed by atoms with Crippen molar-refractivity contribution >= 4 is 0 Å². The summed E-state index contributed by atoms with van der Waals surface area (Å²) in [6.07, 6.45) is 11.3. The summed E-state index contributed by atoms with van der Waals surface area (Å²) in [4.78, 5) is 0. The molecule has 1 saturated carbocycles. The zero-order valence-electron chi connectivity index (χ0n) is 13.9. The molecular weight excluding hydrogens is 260 g/mol. The number of rotatable bonds is 6. The third-order valence-electron chi connectivity index (χ3n) is 7.70. The number of hydrogen-bond acceptors (Lipinski definition) is 1. The van der Waals surface area contributed by atoms with E-state index in [9.17, 15) is 5.11 Å². The number of likely N-dealkylation sites (tertiary alicyclic amines) is 1. The Bertz CT molecular complexity index is 406. The van der Waals surface area contributed by atoms with E-state index < -0.39 is 0 Å². The molecule has 0 aromatic rings. The van der Waals surface area contributed by atoms with Crippen LogP contribution in [0.15, 0.2) is 0 Å². The van der Waals surface area contributed by atoms with Gasteiger partial charge in [-0.05, 0) is 38.5 Å². The van der Waals surface area contributed by atoms with E-state index in [1.807, 2.05) is 0 Å². The first-order valence-electron chi connectivity index (χ1n) is 9.47. The number of unbranched alkanes of at least 4 members (excludes halogenated alkanes) is 2. The van der Waals surface area contributed by atoms with E-state index in [0.29, 0.717) is 11.5 Å². The van der Waals surface area contributed by atoms with Crippen molar-refractivity contribution in [1.29, 1.82) is 0 Å². The number of nitrogens with zero attached hydrogens (tertiary/aromatic N) is 2. The number of aliphatic hydroxyl groups is 1. The summed E-state index contributed by atoms with van der Waals surface area (Å²) in [7, 11) is 2.47. The normalized spacial score (nSPS) is 46.6. The smallest absolute Gasteiger partial charge is 0.112 e. The van der Waals surface area contributed by atoms with E-state index in [0.717, 1.165) is 6.54 Å². The Morgan fingerprint density at radius 2 is 1.76 bits per heavy atom. The molecule has 21 heavy (non-hydrogen) atoms. The van der Waals surface area contributed by atoms with Crippen molar-refractivity contribution in [1.82, 2.24) is 0 Å². The van der Waals surface area contributed by atoms with Gasteiger partial charge in [0.15, 0.2) is 0 Å². The highest BCUT2D eigenvalue weighted by Gasteiger charge is 2.80. The zero-order valence-corrected chi connectivity index (χ0v) is 13.9. The van der Waals surface area contributed by atoms with Crippen LogP contribution >= 0.6 is 0 Å². The lowest BCUT2D eigenvalue weighted by atomic mass is 9.95. The van der Waals surface area contributed by atoms with Crippen molar-refractivity contribution in [3.63, 3.8) is 0 Å². The lowest BCUT2D eigenvalue weighted by Gasteiger charge is -2.51. The fraction of sp³-hybridized carbons (Fsp3) is 1.00. The molecule has 4 aliphatic rings. The molecule has 3 saturated heterocycles. The molecule has 120 valence electrons. The Labute approximate surface area is 130 Å². The number of hydrogen-bond donors (Lipinski definition) is 1. The van der Waals surface area contributed by atoms with E-state index in [2.05, 4.69) is 7.05 Å². The molecule has 4 unspecified atom stereocenters. The van der Waals surface area contributed by atoms with E-state index >= 15 is 0 Å². The van der Waals surface area contributed by atoms with Gasteiger partial charge in [-0.2, -0.15) is 0 Å². The predicted octanol–water partition coefficient (Wildman–Crippen LogP) is 2.14. The van der Waals surface area contributed by atoms with Crippen LogP contribution in [0.2, 0.25) is 0 Å². The summed E-state index contributed by atoms with van der Waals surface area (Å²) in [6.45, 7) is 8.03. The molecule has 3 heteroatoms. The van der Waals surface area contributed by atoms with Gasteiger partial charge in [0, 0.05) is 6.42 Å². The lowest BCUT2D eigenvalue weighted by Crippen LogP contribution is -2.66. The summed E-state index contributed by atoms with van der Waals surface area (Å²) in [5, 5.41) is 10.2. The van der Waals surface area contributed by atoms with Gasteiger partial charge in [0.1, 0.15) is 18.2 Å². The zero-order chi connectivity index (χ0) is 14.6. The Morgan fingerprint density at radius 1 is 1.00 bits per heavy atom. The molecule has 3 nitrogen and oxygen atoms in total. The third kappa shape index (κ3) is 2.19. The molecule has 0 aromatic carbocycles. The molecule has 0 aromatic heterocycles. The minimum absolute atomic E-state index is 0.0327. The van der Waals surface area contributed by atoms with Crippen molar-refractivity contribution in [2.45, 2.75) is 63.0 Å². The quantitative estimate of drug-likeness (QED) is 0.588. The van der Waals surface area contributed by atoms with Gasteiger partial charge < -0.3 is 14.1 Å². The summed E-state index contributed by atoms with van der Waals surface area (Å²) in [5.74, 6) is 0.684. The molecular formula is C18H34N2O+2. The molecule has 0 amide bonds. The molecule has 3 aliphatic heterocycles. The van der Waals surface area contributed by atoms with Gasteiger partial charge in [-0.1, -0.05) is 0 Å². The molecule has 1 spiro atoms. The maximum absolute atomic E-state index is 10.2. The summed E-state index contributed by atoms with van der Waals surface area (Å²) >= 11 is 0. The van der Waals surface area contributed by atoms with Gasteiger partial charge in [0.2, 0.25) is 0 Å². The van der Waals surface area contributed by atoms with E-state index in [1.165, 1.54) is 93.1 Å². The first-order chi connectivity index (χ1) is 10.1. The molecule has 0 radical (unpaired) electrons. The fourth-order valence-corrected chi connectivity index (χ4v) is 6.13. The lowest BCUT2D eigenvalue weighted by molar-refractivity contribution is -0.994. The molecule has 4 atom stereocenters. The SMILES string of the molecule is C[N+]1(CCCCC[N+]23CCC24CC4C(O)C3)CCCCC1. The van der Waals surface area contributed by atoms with Crippen LogP contribution in [0, 0.1) is 5.92 Å². The van der Waals surface area contributed by atoms with Gasteiger partial charge in [-0.15, -0.1) is 0 Å². The van der Waals surface area contributed by atoms with Gasteiger partial charge >= 0.3 is 0 Å². The van der Waals surface area contributed by atoms with Crippen LogP contribution in [0.1, 0.15) is 51.4 Å². The molecule has 3 heterocycles. The van der Waals surface area contributed by atoms with Crippen molar-refractivity contribution in [3.8, 4) is 0 Å². The summed E-state index contributed by atoms with van der Waals surface area (Å²) in [6, 6.07) is 0. The van der Waals surface area contributed by atoms with E-state index in [-0.39, 0.29) is 6.10 Å². The summed E-state index contributed by atoms with van der Waals surface area (Å²) < 4.78 is 2.65. The average molecular weight is 294 g/mol. The average Bonchev–Trinajstić information content (AvgIpc) is 3.20. The standard InChI is InChI=1S/C18H34N2O/c1-19(9-4-2-5-10-19)11-6-3-7-12-20-13-8-18(20)14-16(18)17(21)15-20/h16-17,21H,2-15H2,1H3/q+2. The highest BCUT2D eigenvalue weighted by molar-refractivity contribution is 5.17. The second-order valence-electron chi connectivity index (χ2n) is 8.92. The highest BCUT2D eigenvalue weighted by Crippen LogP contribution is 2.67. The van der Waals surface area contributed by atoms with Crippen LogP contribution in [-0.4, -0.2) is 72.0 Å². The Balaban J connectivity index is 1.19. The Kier molecular flexibility index (Phi) is 3.40. The van der Waals surface area contributed by atoms with Crippen LogP contribution in [0.4, 0.5) is 0 Å². The van der Waals surface area contributed by atoms with Gasteiger partial charge in [0.05, 0.1) is 52.1 Å². The minimum atomic E-state index is 0.0327. The predicted molar refractivity (Wildman–Crippen MR) is 84.8 cm³/mol. The van der Waals surface area contributed by atoms with E-state index in [1.54, 1.807) is 0 Å². The topological polar surface area (TPSA) is 20.2 Å². The van der Waals surface area contributed by atoms with Gasteiger partial charge in [0.25, 0.3) is 0 Å². The molecule has 4 fully saturated rings. The van der Waals surface area contributed by atoms with Gasteiger partial charge in [-0.3, -0.25) is 0 Å². The second kappa shape index (κ2) is 4.94. The van der Waals surface area contributed by atoms with E-state index in [4.69, 9.17) is 0 Å². The molecule has 1 aliphatic carbocycles. The van der Waals surface area contributed by atoms with Crippen molar-refractivity contribution in [3.05, 3.63) is 0 Å². The number of aliphatic hydroxyl groups excluding tert-OH is 1. The van der Waals surface area contributed by atoms with Crippen LogP contribution in [0.3, 0.4) is 0 Å². The fourth-order valence-electron chi connectivity index (χ4n) is 6.13. The van der Waals surface area contributed by atoms with Crippen LogP contribution in [-0.2, 0) is 0 Å². The first-order valence-corrected chi connectivity index (χ1v) is 9.47. The summed E-state index contributed by atoms with van der Waals surface area (Å²) in [5.41, 5.74) is 0.588. The minimum Gasteiger partial charge on any atom is -0.387 e. The highest BCUT2D eigenvalue weighted by atomic mass is 16.3. The molecule has 1 N–H and O–H groups in total. The van der Waals surface area contributed by atoms with Crippen LogP contribution in [0.25, 0.3) is 0 Å². The molecule has 0 bridgehead atoms. The number of quaternary nitrogens is 2. The Hall–Kier alpha value is -0.120. The molecule has 4 rings (SSSR count). The van der Waals surface area contributed by atoms with Crippen LogP contribution in [0.5, 0.6) is 0 Å². The van der Waals surface area contributed by atoms with Crippen molar-refractivity contribution < 1.29 is 14.1 Å². The number of piperidine rings is 2. The third-order valence-corrected chi connectivity index (χ3v) is 7.70. The van der Waals surface area contributed by atoms with Crippen molar-refractivity contribution in [2.75, 3.05) is 46.3 Å². The monoisotopic (exact) mass is 294 g/mol. The Morgan fingerprint density at radius 3 is 2.38 bits per heavy atom. The first kappa shape index (κ1) is 14.5. The van der Waals surface area contributed by atoms with Crippen molar-refractivity contribution in [2.24, 2.45) is 5.92 Å². The maximum Gasteiger partial charge on any atom is 0.112 e. The van der Waals surface area contributed by atoms with Crippen LogP contribution < -0.4 is 0 Å².